The van der Waals surface area contributed by atoms with Crippen molar-refractivity contribution in [3.63, 3.8) is 0 Å². The molecule has 5 N–H and O–H groups in total. The number of hydroxylamine groups is 1. The normalized spacial score (nSPS) is 28.2. The van der Waals surface area contributed by atoms with Gasteiger partial charge in [0.2, 0.25) is 29.5 Å². The van der Waals surface area contributed by atoms with Gasteiger partial charge < -0.3 is 20.9 Å². The van der Waals surface area contributed by atoms with Crippen molar-refractivity contribution in [1.29, 1.82) is 0 Å². The van der Waals surface area contributed by atoms with E-state index < -0.39 is 30.1 Å². The van der Waals surface area contributed by atoms with Crippen molar-refractivity contribution in [2.75, 3.05) is 6.54 Å². The van der Waals surface area contributed by atoms with Crippen molar-refractivity contribution in [2.24, 2.45) is 0 Å². The van der Waals surface area contributed by atoms with Crippen LogP contribution in [0.15, 0.2) is 0 Å². The molecule has 0 saturated carbocycles. The van der Waals surface area contributed by atoms with E-state index in [1.807, 2.05) is 0 Å². The van der Waals surface area contributed by atoms with Crippen LogP contribution in [-0.4, -0.2) is 70.4 Å². The maximum absolute atomic E-state index is 13.6. The van der Waals surface area contributed by atoms with Crippen LogP contribution in [0.25, 0.3) is 0 Å². The van der Waals surface area contributed by atoms with Crippen molar-refractivity contribution in [2.45, 2.75) is 133 Å². The standard InChI is InChI=1S/C27H45N5O6/c33-23(31-38)17-11-7-10-15-21-27(37)32-18-12-16-22(32)26(36)29-20-14-9-6-4-2-1-3-5-8-13-19(25(35)30-21)28-24(20)34/h19-22,38H,1-18H2,(H,28,34)(H,29,36)(H,30,35)(H,31,33)/t19-,20+,21+,22-/m1/s1. The summed E-state index contributed by atoms with van der Waals surface area (Å²) in [6, 6.07) is -2.99. The number of hydrogen-bond acceptors (Lipinski definition) is 6. The van der Waals surface area contributed by atoms with Gasteiger partial charge in [0.25, 0.3) is 0 Å². The first-order valence-corrected chi connectivity index (χ1v) is 14.5. The molecule has 3 rings (SSSR count). The summed E-state index contributed by atoms with van der Waals surface area (Å²) in [4.78, 5) is 66.5. The van der Waals surface area contributed by atoms with E-state index in [1.54, 1.807) is 10.4 Å². The van der Waals surface area contributed by atoms with Gasteiger partial charge in [-0.2, -0.15) is 0 Å². The summed E-state index contributed by atoms with van der Waals surface area (Å²) in [5.74, 6) is -1.76. The van der Waals surface area contributed by atoms with Gasteiger partial charge in [0.05, 0.1) is 0 Å². The van der Waals surface area contributed by atoms with Crippen molar-refractivity contribution < 1.29 is 29.2 Å². The number of unbranched alkanes of at least 4 members (excludes halogenated alkanes) is 2. The molecule has 0 aliphatic carbocycles. The highest BCUT2D eigenvalue weighted by Crippen LogP contribution is 2.22. The van der Waals surface area contributed by atoms with E-state index in [4.69, 9.17) is 5.21 Å². The predicted octanol–water partition coefficient (Wildman–Crippen LogP) is 1.82. The molecule has 3 aliphatic rings. The summed E-state index contributed by atoms with van der Waals surface area (Å²) < 4.78 is 0. The van der Waals surface area contributed by atoms with Crippen LogP contribution >= 0.6 is 0 Å². The number of nitrogens with one attached hydrogen (secondary N) is 4. The van der Waals surface area contributed by atoms with Gasteiger partial charge in [-0.25, -0.2) is 5.48 Å². The van der Waals surface area contributed by atoms with Gasteiger partial charge >= 0.3 is 0 Å². The molecule has 5 amide bonds. The van der Waals surface area contributed by atoms with Gasteiger partial charge in [-0.05, 0) is 38.5 Å². The predicted molar refractivity (Wildman–Crippen MR) is 140 cm³/mol. The summed E-state index contributed by atoms with van der Waals surface area (Å²) in [7, 11) is 0. The molecule has 2 bridgehead atoms. The van der Waals surface area contributed by atoms with Gasteiger partial charge in [-0.3, -0.25) is 29.2 Å². The van der Waals surface area contributed by atoms with E-state index >= 15 is 0 Å². The molecule has 0 unspecified atom stereocenters. The molecule has 38 heavy (non-hydrogen) atoms. The molecule has 0 aromatic rings. The summed E-state index contributed by atoms with van der Waals surface area (Å²) in [5, 5.41) is 17.4. The zero-order chi connectivity index (χ0) is 27.3. The Morgan fingerprint density at radius 1 is 0.737 bits per heavy atom. The Labute approximate surface area is 225 Å². The Bertz CT molecular complexity index is 837. The second-order valence-electron chi connectivity index (χ2n) is 10.9. The Morgan fingerprint density at radius 2 is 1.32 bits per heavy atom. The van der Waals surface area contributed by atoms with Crippen LogP contribution in [0.4, 0.5) is 0 Å². The lowest BCUT2D eigenvalue weighted by atomic mass is 9.99. The van der Waals surface area contributed by atoms with Gasteiger partial charge in [0, 0.05) is 13.0 Å². The minimum absolute atomic E-state index is 0.172. The largest absolute Gasteiger partial charge is 0.343 e. The fraction of sp³-hybridized carbons (Fsp3) is 0.815. The first kappa shape index (κ1) is 29.9. The lowest BCUT2D eigenvalue weighted by Gasteiger charge is -2.32. The van der Waals surface area contributed by atoms with E-state index in [0.717, 1.165) is 51.4 Å². The van der Waals surface area contributed by atoms with Crippen LogP contribution in [0.1, 0.15) is 109 Å². The lowest BCUT2D eigenvalue weighted by molar-refractivity contribution is -0.143. The SMILES string of the molecule is O=C(CCCCC[C@@H]1NC(=O)[C@H]2CCCCCCCCCC[C@H](NC(=O)[C@H]3CCCN3C1=O)C(=O)N2)NO. The van der Waals surface area contributed by atoms with Crippen molar-refractivity contribution in [1.82, 2.24) is 26.3 Å². The molecule has 3 heterocycles. The Balaban J connectivity index is 1.79. The zero-order valence-corrected chi connectivity index (χ0v) is 22.5. The summed E-state index contributed by atoms with van der Waals surface area (Å²) in [6.45, 7) is 0.431. The maximum atomic E-state index is 13.6. The van der Waals surface area contributed by atoms with Gasteiger partial charge in [-0.1, -0.05) is 64.2 Å². The first-order valence-electron chi connectivity index (χ1n) is 14.5. The Hall–Kier alpha value is -2.69. The smallest absolute Gasteiger partial charge is 0.245 e. The van der Waals surface area contributed by atoms with E-state index in [-0.39, 0.29) is 30.0 Å². The Morgan fingerprint density at radius 3 is 1.95 bits per heavy atom. The number of nitrogens with zero attached hydrogens (tertiary/aromatic N) is 1. The number of carbonyl (C=O) groups excluding carboxylic acids is 5. The third-order valence-corrected chi connectivity index (χ3v) is 7.98. The number of fused-ring (bicyclic) bond motifs is 4. The highest BCUT2D eigenvalue weighted by atomic mass is 16.5. The molecule has 0 aromatic heterocycles. The first-order chi connectivity index (χ1) is 18.4. The molecule has 3 fully saturated rings. The molecule has 11 heteroatoms. The van der Waals surface area contributed by atoms with Crippen LogP contribution in [0.2, 0.25) is 0 Å². The van der Waals surface area contributed by atoms with Crippen LogP contribution in [0, 0.1) is 0 Å². The number of amides is 5. The fourth-order valence-corrected chi connectivity index (χ4v) is 5.74. The maximum Gasteiger partial charge on any atom is 0.245 e. The van der Waals surface area contributed by atoms with Crippen molar-refractivity contribution in [3.05, 3.63) is 0 Å². The molecular weight excluding hydrogens is 490 g/mol. The van der Waals surface area contributed by atoms with Crippen LogP contribution in [0.5, 0.6) is 0 Å². The number of hydrogen-bond donors (Lipinski definition) is 5. The van der Waals surface area contributed by atoms with E-state index in [9.17, 15) is 24.0 Å². The van der Waals surface area contributed by atoms with Crippen LogP contribution < -0.4 is 21.4 Å². The van der Waals surface area contributed by atoms with Gasteiger partial charge in [0.1, 0.15) is 24.2 Å². The number of rotatable bonds is 6. The van der Waals surface area contributed by atoms with Gasteiger partial charge in [0.15, 0.2) is 0 Å². The Kier molecular flexibility index (Phi) is 12.3. The molecule has 0 spiro atoms. The third kappa shape index (κ3) is 8.96. The molecular formula is C27H45N5O6. The molecule has 3 saturated heterocycles. The quantitative estimate of drug-likeness (QED) is 0.198. The fourth-order valence-electron chi connectivity index (χ4n) is 5.74. The molecule has 3 aliphatic heterocycles. The molecule has 0 radical (unpaired) electrons. The summed E-state index contributed by atoms with van der Waals surface area (Å²) in [6.07, 6.45) is 12.5. The third-order valence-electron chi connectivity index (χ3n) is 7.98. The molecule has 11 nitrogen and oxygen atoms in total. The van der Waals surface area contributed by atoms with E-state index in [2.05, 4.69) is 16.0 Å². The van der Waals surface area contributed by atoms with Crippen molar-refractivity contribution in [3.8, 4) is 0 Å². The highest BCUT2D eigenvalue weighted by Gasteiger charge is 2.40. The van der Waals surface area contributed by atoms with E-state index in [1.165, 1.54) is 0 Å². The van der Waals surface area contributed by atoms with Gasteiger partial charge in [-0.15, -0.1) is 0 Å². The second kappa shape index (κ2) is 15.7. The molecule has 4 atom stereocenters. The van der Waals surface area contributed by atoms with Crippen LogP contribution in [0.3, 0.4) is 0 Å². The lowest BCUT2D eigenvalue weighted by Crippen LogP contribution is -2.61. The minimum atomic E-state index is -0.817. The summed E-state index contributed by atoms with van der Waals surface area (Å²) in [5.41, 5.74) is 1.61. The monoisotopic (exact) mass is 535 g/mol. The second-order valence-corrected chi connectivity index (χ2v) is 10.9. The highest BCUT2D eigenvalue weighted by molar-refractivity contribution is 5.97. The van der Waals surface area contributed by atoms with Crippen molar-refractivity contribution >= 4 is 29.5 Å². The molecule has 214 valence electrons. The average Bonchev–Trinajstić information content (AvgIpc) is 3.40. The minimum Gasteiger partial charge on any atom is -0.343 e. The summed E-state index contributed by atoms with van der Waals surface area (Å²) >= 11 is 0. The van der Waals surface area contributed by atoms with E-state index in [0.29, 0.717) is 57.9 Å². The average molecular weight is 536 g/mol. The molecule has 0 aromatic carbocycles. The van der Waals surface area contributed by atoms with Crippen LogP contribution in [-0.2, 0) is 24.0 Å². The topological polar surface area (TPSA) is 157 Å². The number of carbonyl (C=O) groups is 5. The zero-order valence-electron chi connectivity index (χ0n) is 22.5.